The summed E-state index contributed by atoms with van der Waals surface area (Å²) in [5.74, 6) is 0. The molecule has 0 atom stereocenters. The highest BCUT2D eigenvalue weighted by molar-refractivity contribution is 6.73. The Bertz CT molecular complexity index is 401. The van der Waals surface area contributed by atoms with Crippen molar-refractivity contribution >= 4 is 20.1 Å². The van der Waals surface area contributed by atoms with Crippen LogP contribution in [0.25, 0.3) is 6.08 Å². The summed E-state index contributed by atoms with van der Waals surface area (Å²) in [6.45, 7) is 10.5. The van der Waals surface area contributed by atoms with E-state index in [0.717, 1.165) is 45.3 Å². The molecule has 1 saturated heterocycles. The minimum Gasteiger partial charge on any atom is -0.385 e. The summed E-state index contributed by atoms with van der Waals surface area (Å²) >= 11 is 0. The first-order valence-electron chi connectivity index (χ1n) is 7.29. The summed E-state index contributed by atoms with van der Waals surface area (Å²) in [4.78, 5) is 2.51. The van der Waals surface area contributed by atoms with Crippen molar-refractivity contribution in [2.24, 2.45) is 0 Å². The summed E-state index contributed by atoms with van der Waals surface area (Å²) in [5, 5.41) is 1.44. The Morgan fingerprint density at radius 3 is 2.60 bits per heavy atom. The summed E-state index contributed by atoms with van der Waals surface area (Å²) in [6, 6.07) is 8.78. The predicted octanol–water partition coefficient (Wildman–Crippen LogP) is 1.48. The number of rotatable bonds is 7. The molecule has 1 aliphatic rings. The molecule has 109 valence electrons. The number of nitrogens with zero attached hydrogens (tertiary/aromatic N) is 1. The van der Waals surface area contributed by atoms with E-state index in [9.17, 15) is 0 Å². The van der Waals surface area contributed by atoms with E-state index in [1.54, 1.807) is 0 Å². The molecule has 20 heavy (non-hydrogen) atoms. The summed E-state index contributed by atoms with van der Waals surface area (Å²) in [5.41, 5.74) is 1.18. The Labute approximate surface area is 123 Å². The van der Waals surface area contributed by atoms with Gasteiger partial charge in [0.05, 0.1) is 13.2 Å². The molecule has 0 aromatic heterocycles. The zero-order valence-electron chi connectivity index (χ0n) is 12.3. The molecular formula is C16H24NO2Si. The van der Waals surface area contributed by atoms with Gasteiger partial charge in [-0.25, -0.2) is 0 Å². The highest BCUT2D eigenvalue weighted by Crippen LogP contribution is 2.03. The van der Waals surface area contributed by atoms with Gasteiger partial charge in [-0.3, -0.25) is 0 Å². The molecule has 0 bridgehead atoms. The topological polar surface area (TPSA) is 21.7 Å². The first-order valence-corrected chi connectivity index (χ1v) is 9.20. The van der Waals surface area contributed by atoms with E-state index in [4.69, 9.17) is 9.47 Å². The molecule has 0 spiro atoms. The van der Waals surface area contributed by atoms with Gasteiger partial charge >= 0.3 is 0 Å². The van der Waals surface area contributed by atoms with Gasteiger partial charge in [0.15, 0.2) is 0 Å². The van der Waals surface area contributed by atoms with Gasteiger partial charge in [-0.2, -0.15) is 0 Å². The van der Waals surface area contributed by atoms with E-state index in [1.165, 1.54) is 10.8 Å². The maximum Gasteiger partial charge on any atom is 0.132 e. The fourth-order valence-corrected chi connectivity index (χ4v) is 4.71. The molecule has 1 aliphatic heterocycles. The average molecular weight is 290 g/mol. The van der Waals surface area contributed by atoms with Gasteiger partial charge in [0, 0.05) is 25.9 Å². The van der Waals surface area contributed by atoms with Crippen LogP contribution < -0.4 is 5.19 Å². The second kappa shape index (κ2) is 8.37. The number of benzene rings is 1. The van der Waals surface area contributed by atoms with Gasteiger partial charge < -0.3 is 14.4 Å². The Balaban J connectivity index is 2.02. The Morgan fingerprint density at radius 1 is 1.30 bits per heavy atom. The van der Waals surface area contributed by atoms with Crippen molar-refractivity contribution in [2.45, 2.75) is 6.92 Å². The van der Waals surface area contributed by atoms with Crippen LogP contribution in [0, 0.1) is 0 Å². The lowest BCUT2D eigenvalue weighted by Crippen LogP contribution is -2.49. The second-order valence-electron chi connectivity index (χ2n) is 4.96. The molecule has 0 aliphatic carbocycles. The normalized spacial score (nSPS) is 16.5. The lowest BCUT2D eigenvalue weighted by Gasteiger charge is -2.29. The predicted molar refractivity (Wildman–Crippen MR) is 85.7 cm³/mol. The molecule has 0 amide bonds. The van der Waals surface area contributed by atoms with Gasteiger partial charge in [-0.15, -0.1) is 0 Å². The van der Waals surface area contributed by atoms with Gasteiger partial charge in [-0.1, -0.05) is 42.1 Å². The summed E-state index contributed by atoms with van der Waals surface area (Å²) < 4.78 is 11.1. The highest BCUT2D eigenvalue weighted by atomic mass is 28.3. The molecular weight excluding hydrogens is 266 g/mol. The third-order valence-electron chi connectivity index (χ3n) is 3.55. The molecule has 4 heteroatoms. The highest BCUT2D eigenvalue weighted by Gasteiger charge is 2.20. The van der Waals surface area contributed by atoms with E-state index in [1.807, 2.05) is 6.08 Å². The number of ether oxygens (including phenoxy) is 2. The fourth-order valence-electron chi connectivity index (χ4n) is 2.33. The quantitative estimate of drug-likeness (QED) is 0.710. The third kappa shape index (κ3) is 4.56. The number of hydrogen-bond acceptors (Lipinski definition) is 3. The standard InChI is InChI=1S/C16H24NO2Si/c1-3-15-5-7-16(8-6-15)20(14-18-4-2)13-17-9-11-19-12-10-17/h3,5-8H,1,4,9-14H2,2H3. The summed E-state index contributed by atoms with van der Waals surface area (Å²) in [6.07, 6.45) is 3.91. The lowest BCUT2D eigenvalue weighted by molar-refractivity contribution is 0.0454. The number of hydrogen-bond donors (Lipinski definition) is 0. The van der Waals surface area contributed by atoms with Crippen LogP contribution >= 0.6 is 0 Å². The van der Waals surface area contributed by atoms with Crippen LogP contribution in [0.15, 0.2) is 30.8 Å². The molecule has 1 heterocycles. The van der Waals surface area contributed by atoms with Gasteiger partial charge in [0.2, 0.25) is 0 Å². The van der Waals surface area contributed by atoms with Crippen LogP contribution in [0.3, 0.4) is 0 Å². The van der Waals surface area contributed by atoms with Gasteiger partial charge in [-0.05, 0) is 18.7 Å². The van der Waals surface area contributed by atoms with E-state index < -0.39 is 8.80 Å². The largest absolute Gasteiger partial charge is 0.385 e. The Kier molecular flexibility index (Phi) is 6.46. The molecule has 3 nitrogen and oxygen atoms in total. The van der Waals surface area contributed by atoms with Crippen molar-refractivity contribution < 1.29 is 9.47 Å². The summed E-state index contributed by atoms with van der Waals surface area (Å²) in [7, 11) is -0.694. The van der Waals surface area contributed by atoms with Crippen molar-refractivity contribution in [1.29, 1.82) is 0 Å². The molecule has 1 aromatic rings. The minimum atomic E-state index is -0.694. The molecule has 1 aromatic carbocycles. The Hall–Kier alpha value is -0.943. The van der Waals surface area contributed by atoms with E-state index in [0.29, 0.717) is 0 Å². The van der Waals surface area contributed by atoms with E-state index in [-0.39, 0.29) is 0 Å². The van der Waals surface area contributed by atoms with Crippen molar-refractivity contribution in [1.82, 2.24) is 4.90 Å². The van der Waals surface area contributed by atoms with Crippen LogP contribution in [0.5, 0.6) is 0 Å². The molecule has 0 saturated carbocycles. The Morgan fingerprint density at radius 2 is 2.00 bits per heavy atom. The maximum atomic E-state index is 5.72. The van der Waals surface area contributed by atoms with Crippen LogP contribution in [-0.2, 0) is 9.47 Å². The lowest BCUT2D eigenvalue weighted by atomic mass is 10.2. The van der Waals surface area contributed by atoms with Gasteiger partial charge in [0.1, 0.15) is 8.80 Å². The molecule has 0 unspecified atom stereocenters. The first kappa shape index (κ1) is 15.4. The van der Waals surface area contributed by atoms with Gasteiger partial charge in [0.25, 0.3) is 0 Å². The van der Waals surface area contributed by atoms with E-state index in [2.05, 4.69) is 42.7 Å². The van der Waals surface area contributed by atoms with Crippen molar-refractivity contribution in [3.8, 4) is 0 Å². The fraction of sp³-hybridized carbons (Fsp3) is 0.500. The second-order valence-corrected chi connectivity index (χ2v) is 7.34. The molecule has 1 fully saturated rings. The van der Waals surface area contributed by atoms with Crippen molar-refractivity contribution in [3.63, 3.8) is 0 Å². The monoisotopic (exact) mass is 290 g/mol. The molecule has 0 N–H and O–H groups in total. The zero-order valence-corrected chi connectivity index (χ0v) is 13.3. The smallest absolute Gasteiger partial charge is 0.132 e. The third-order valence-corrected chi connectivity index (χ3v) is 6.08. The van der Waals surface area contributed by atoms with Crippen molar-refractivity contribution in [2.75, 3.05) is 45.3 Å². The maximum absolute atomic E-state index is 5.72. The van der Waals surface area contributed by atoms with Crippen LogP contribution in [-0.4, -0.2) is 59.0 Å². The van der Waals surface area contributed by atoms with Crippen LogP contribution in [0.4, 0.5) is 0 Å². The van der Waals surface area contributed by atoms with E-state index >= 15 is 0 Å². The van der Waals surface area contributed by atoms with Crippen molar-refractivity contribution in [3.05, 3.63) is 36.4 Å². The molecule has 2 rings (SSSR count). The minimum absolute atomic E-state index is 0.694. The molecule has 1 radical (unpaired) electrons. The van der Waals surface area contributed by atoms with Crippen LogP contribution in [0.1, 0.15) is 12.5 Å². The SMILES string of the molecule is C=Cc1ccc([Si](COCC)CN2CCOCC2)cc1. The average Bonchev–Trinajstić information content (AvgIpc) is 2.52. The zero-order chi connectivity index (χ0) is 14.2. The number of morpholine rings is 1. The van der Waals surface area contributed by atoms with Crippen LogP contribution in [0.2, 0.25) is 0 Å². The first-order chi connectivity index (χ1) is 9.83.